The van der Waals surface area contributed by atoms with Gasteiger partial charge in [0.1, 0.15) is 12.3 Å². The van der Waals surface area contributed by atoms with Crippen molar-refractivity contribution in [2.45, 2.75) is 0 Å². The lowest BCUT2D eigenvalue weighted by atomic mass is 10.4. The number of hydrogen-bond donors (Lipinski definition) is 2. The Morgan fingerprint density at radius 3 is 3.00 bits per heavy atom. The highest BCUT2D eigenvalue weighted by Gasteiger charge is 2.12. The molecule has 1 fully saturated rings. The second kappa shape index (κ2) is 5.85. The lowest BCUT2D eigenvalue weighted by Gasteiger charge is -2.26. The molecule has 0 bridgehead atoms. The maximum atomic E-state index is 8.87. The maximum Gasteiger partial charge on any atom is 0.258 e. The van der Waals surface area contributed by atoms with Crippen LogP contribution in [0.25, 0.3) is 0 Å². The summed E-state index contributed by atoms with van der Waals surface area (Å²) in [6.45, 7) is 4.84. The summed E-state index contributed by atoms with van der Waals surface area (Å²) in [5.41, 5.74) is 2.54. The molecule has 0 atom stereocenters. The molecule has 1 aromatic heterocycles. The highest BCUT2D eigenvalue weighted by molar-refractivity contribution is 5.48. The predicted molar refractivity (Wildman–Crippen MR) is 61.4 cm³/mol. The number of anilines is 1. The van der Waals surface area contributed by atoms with E-state index in [1.54, 1.807) is 17.9 Å². The molecule has 2 heterocycles. The number of morpholine rings is 1. The number of ether oxygens (including phenoxy) is 2. The number of aryl methyl sites for hydroxylation is 1. The molecule has 2 rings (SSSR count). The molecule has 0 radical (unpaired) electrons. The van der Waals surface area contributed by atoms with Gasteiger partial charge in [0.15, 0.2) is 0 Å². The molecule has 1 aliphatic rings. The molecule has 17 heavy (non-hydrogen) atoms. The summed E-state index contributed by atoms with van der Waals surface area (Å²) >= 11 is 0. The summed E-state index contributed by atoms with van der Waals surface area (Å²) in [5, 5.41) is 13.0. The van der Waals surface area contributed by atoms with Crippen LogP contribution in [-0.4, -0.2) is 59.3 Å². The van der Waals surface area contributed by atoms with Crippen LogP contribution in [0.2, 0.25) is 0 Å². The van der Waals surface area contributed by atoms with Crippen molar-refractivity contribution in [3.05, 3.63) is 6.20 Å². The molecule has 7 nitrogen and oxygen atoms in total. The Kier molecular flexibility index (Phi) is 4.18. The van der Waals surface area contributed by atoms with Gasteiger partial charge >= 0.3 is 0 Å². The Balaban J connectivity index is 1.76. The van der Waals surface area contributed by atoms with Crippen LogP contribution in [0, 0.1) is 0 Å². The average molecular weight is 242 g/mol. The summed E-state index contributed by atoms with van der Waals surface area (Å²) in [4.78, 5) is 2.28. The molecule has 7 heteroatoms. The summed E-state index contributed by atoms with van der Waals surface area (Å²) in [6, 6.07) is 0. The highest BCUT2D eigenvalue weighted by Crippen LogP contribution is 2.20. The Hall–Kier alpha value is -1.31. The van der Waals surface area contributed by atoms with Crippen LogP contribution in [0.3, 0.4) is 0 Å². The zero-order valence-corrected chi connectivity index (χ0v) is 9.93. The predicted octanol–water partition coefficient (Wildman–Crippen LogP) is -0.0678. The van der Waals surface area contributed by atoms with E-state index in [1.807, 2.05) is 0 Å². The minimum absolute atomic E-state index is 0.420. The smallest absolute Gasteiger partial charge is 0.258 e. The van der Waals surface area contributed by atoms with Gasteiger partial charge in [-0.3, -0.25) is 20.3 Å². The van der Waals surface area contributed by atoms with E-state index in [0.717, 1.165) is 32.8 Å². The first kappa shape index (κ1) is 12.2. The van der Waals surface area contributed by atoms with Gasteiger partial charge in [-0.05, 0) is 0 Å². The maximum absolute atomic E-state index is 8.87. The van der Waals surface area contributed by atoms with Crippen molar-refractivity contribution < 1.29 is 14.7 Å². The van der Waals surface area contributed by atoms with Crippen LogP contribution in [0.5, 0.6) is 5.88 Å². The molecule has 0 amide bonds. The zero-order chi connectivity index (χ0) is 12.1. The van der Waals surface area contributed by atoms with E-state index >= 15 is 0 Å². The van der Waals surface area contributed by atoms with Crippen LogP contribution in [0.15, 0.2) is 6.20 Å². The summed E-state index contributed by atoms with van der Waals surface area (Å²) in [6.07, 6.45) is 1.66. The van der Waals surface area contributed by atoms with Crippen molar-refractivity contribution in [1.29, 1.82) is 0 Å². The van der Waals surface area contributed by atoms with Crippen LogP contribution in [0.1, 0.15) is 0 Å². The van der Waals surface area contributed by atoms with Gasteiger partial charge in [0.05, 0.1) is 19.4 Å². The van der Waals surface area contributed by atoms with Crippen molar-refractivity contribution in [2.75, 3.05) is 44.9 Å². The molecule has 0 saturated carbocycles. The third-order valence-corrected chi connectivity index (χ3v) is 2.67. The number of rotatable bonds is 5. The van der Waals surface area contributed by atoms with Crippen LogP contribution >= 0.6 is 0 Å². The number of aromatic nitrogens is 2. The Bertz CT molecular complexity index is 349. The average Bonchev–Trinajstić information content (AvgIpc) is 2.71. The molecule has 0 aliphatic carbocycles. The SMILES string of the molecule is Cn1cc(NO)c(OCCN2CCOCC2)n1. The van der Waals surface area contributed by atoms with Crippen LogP contribution < -0.4 is 10.2 Å². The molecule has 1 saturated heterocycles. The monoisotopic (exact) mass is 242 g/mol. The second-order valence-corrected chi connectivity index (χ2v) is 3.94. The second-order valence-electron chi connectivity index (χ2n) is 3.94. The van der Waals surface area contributed by atoms with E-state index in [-0.39, 0.29) is 0 Å². The van der Waals surface area contributed by atoms with E-state index < -0.39 is 0 Å². The number of nitrogens with zero attached hydrogens (tertiary/aromatic N) is 3. The van der Waals surface area contributed by atoms with Gasteiger partial charge in [0, 0.05) is 26.7 Å². The van der Waals surface area contributed by atoms with Gasteiger partial charge in [-0.15, -0.1) is 5.10 Å². The topological polar surface area (TPSA) is 71.8 Å². The summed E-state index contributed by atoms with van der Waals surface area (Å²) in [7, 11) is 1.77. The van der Waals surface area contributed by atoms with Crippen molar-refractivity contribution in [3.63, 3.8) is 0 Å². The molecular formula is C10H18N4O3. The Labute approximate surface area is 99.9 Å². The van der Waals surface area contributed by atoms with Gasteiger partial charge in [-0.25, -0.2) is 0 Å². The van der Waals surface area contributed by atoms with Crippen molar-refractivity contribution in [1.82, 2.24) is 14.7 Å². The largest absolute Gasteiger partial charge is 0.474 e. The van der Waals surface area contributed by atoms with E-state index in [9.17, 15) is 0 Å². The van der Waals surface area contributed by atoms with E-state index in [0.29, 0.717) is 18.2 Å². The van der Waals surface area contributed by atoms with Gasteiger partial charge in [-0.1, -0.05) is 0 Å². The van der Waals surface area contributed by atoms with E-state index in [1.165, 1.54) is 0 Å². The summed E-state index contributed by atoms with van der Waals surface area (Å²) < 4.78 is 12.4. The zero-order valence-electron chi connectivity index (χ0n) is 9.93. The molecule has 96 valence electrons. The van der Waals surface area contributed by atoms with E-state index in [2.05, 4.69) is 15.5 Å². The molecule has 1 aromatic rings. The fraction of sp³-hybridized carbons (Fsp3) is 0.700. The highest BCUT2D eigenvalue weighted by atomic mass is 16.5. The lowest BCUT2D eigenvalue weighted by Crippen LogP contribution is -2.38. The first-order chi connectivity index (χ1) is 8.29. The standard InChI is InChI=1S/C10H18N4O3/c1-13-8-9(12-15)10(11-13)17-7-4-14-2-5-16-6-3-14/h8,12,15H,2-7H2,1H3. The fourth-order valence-electron chi connectivity index (χ4n) is 1.75. The summed E-state index contributed by atoms with van der Waals surface area (Å²) in [5.74, 6) is 0.420. The molecule has 0 spiro atoms. The third-order valence-electron chi connectivity index (χ3n) is 2.67. The van der Waals surface area contributed by atoms with Crippen LogP contribution in [-0.2, 0) is 11.8 Å². The minimum Gasteiger partial charge on any atom is -0.474 e. The van der Waals surface area contributed by atoms with Gasteiger partial charge in [-0.2, -0.15) is 0 Å². The Morgan fingerprint density at radius 1 is 1.53 bits per heavy atom. The normalized spacial score (nSPS) is 17.1. The molecule has 0 aromatic carbocycles. The quantitative estimate of drug-likeness (QED) is 0.704. The van der Waals surface area contributed by atoms with Crippen LogP contribution in [0.4, 0.5) is 5.69 Å². The molecular weight excluding hydrogens is 224 g/mol. The fourth-order valence-corrected chi connectivity index (χ4v) is 1.75. The molecule has 1 aliphatic heterocycles. The third kappa shape index (κ3) is 3.32. The molecule has 2 N–H and O–H groups in total. The van der Waals surface area contributed by atoms with Crippen molar-refractivity contribution >= 4 is 5.69 Å². The van der Waals surface area contributed by atoms with Crippen molar-refractivity contribution in [2.24, 2.45) is 7.05 Å². The number of nitrogens with one attached hydrogen (secondary N) is 1. The van der Waals surface area contributed by atoms with Gasteiger partial charge < -0.3 is 9.47 Å². The van der Waals surface area contributed by atoms with E-state index in [4.69, 9.17) is 14.7 Å². The first-order valence-corrected chi connectivity index (χ1v) is 5.66. The minimum atomic E-state index is 0.420. The van der Waals surface area contributed by atoms with Crippen molar-refractivity contribution in [3.8, 4) is 5.88 Å². The molecule has 0 unspecified atom stereocenters. The van der Waals surface area contributed by atoms with Gasteiger partial charge in [0.25, 0.3) is 5.88 Å². The van der Waals surface area contributed by atoms with Gasteiger partial charge in [0.2, 0.25) is 0 Å². The number of hydrogen-bond acceptors (Lipinski definition) is 6. The Morgan fingerprint density at radius 2 is 2.29 bits per heavy atom. The first-order valence-electron chi connectivity index (χ1n) is 5.66. The lowest BCUT2D eigenvalue weighted by molar-refractivity contribution is 0.0320.